The smallest absolute Gasteiger partial charge is 0.370 e. The Labute approximate surface area is 111 Å². The summed E-state index contributed by atoms with van der Waals surface area (Å²) < 4.78 is 0. The third-order valence-corrected chi connectivity index (χ3v) is 3.11. The molecule has 0 bridgehead atoms. The number of aliphatic carboxylic acids is 1. The summed E-state index contributed by atoms with van der Waals surface area (Å²) in [6.07, 6.45) is 14.7. The van der Waals surface area contributed by atoms with Gasteiger partial charge in [-0.2, -0.15) is 0 Å². The Morgan fingerprint density at radius 2 is 1.28 bits per heavy atom. The number of allylic oxidation sites excluding steroid dienone is 1. The molecule has 0 heterocycles. The molecular weight excluding hydrogens is 228 g/mol. The van der Waals surface area contributed by atoms with Gasteiger partial charge in [0.15, 0.2) is 5.76 Å². The normalized spacial score (nSPS) is 11.7. The van der Waals surface area contributed by atoms with Crippen molar-refractivity contribution >= 4 is 5.97 Å². The number of hydrogen-bond donors (Lipinski definition) is 2. The van der Waals surface area contributed by atoms with Crippen LogP contribution in [0.3, 0.4) is 0 Å². The van der Waals surface area contributed by atoms with E-state index in [2.05, 4.69) is 6.92 Å². The van der Waals surface area contributed by atoms with Crippen LogP contribution in [-0.2, 0) is 4.79 Å². The Hall–Kier alpha value is -0.990. The lowest BCUT2D eigenvalue weighted by Gasteiger charge is -2.01. The van der Waals surface area contributed by atoms with Crippen molar-refractivity contribution in [2.75, 3.05) is 0 Å². The van der Waals surface area contributed by atoms with E-state index in [0.29, 0.717) is 6.42 Å². The van der Waals surface area contributed by atoms with E-state index < -0.39 is 11.7 Å². The van der Waals surface area contributed by atoms with Crippen molar-refractivity contribution in [3.05, 3.63) is 11.8 Å². The first kappa shape index (κ1) is 17.0. The summed E-state index contributed by atoms with van der Waals surface area (Å²) in [6, 6.07) is 0. The molecule has 0 aliphatic carbocycles. The molecule has 0 saturated heterocycles. The van der Waals surface area contributed by atoms with Crippen molar-refractivity contribution < 1.29 is 15.0 Å². The highest BCUT2D eigenvalue weighted by molar-refractivity contribution is 5.83. The van der Waals surface area contributed by atoms with Crippen molar-refractivity contribution in [1.82, 2.24) is 0 Å². The molecule has 0 fully saturated rings. The molecule has 3 nitrogen and oxygen atoms in total. The standard InChI is InChI=1S/C15H28O3/c1-2-3-4-5-6-7-8-9-10-11-12-13-14(16)15(17)18/h13,16H,2-12H2,1H3,(H,17,18)/b14-13-. The molecule has 0 rings (SSSR count). The van der Waals surface area contributed by atoms with E-state index in [1.54, 1.807) is 0 Å². The third kappa shape index (κ3) is 11.5. The van der Waals surface area contributed by atoms with Gasteiger partial charge in [-0.05, 0) is 18.9 Å². The van der Waals surface area contributed by atoms with Gasteiger partial charge < -0.3 is 10.2 Å². The predicted molar refractivity (Wildman–Crippen MR) is 74.8 cm³/mol. The molecule has 3 heteroatoms. The molecule has 0 spiro atoms. The molecule has 0 radical (unpaired) electrons. The molecule has 0 amide bonds. The number of carboxylic acid groups (broad SMARTS) is 1. The molecule has 0 aromatic carbocycles. The van der Waals surface area contributed by atoms with Crippen LogP contribution in [-0.4, -0.2) is 16.2 Å². The van der Waals surface area contributed by atoms with Gasteiger partial charge in [-0.1, -0.05) is 64.7 Å². The van der Waals surface area contributed by atoms with E-state index in [0.717, 1.165) is 12.8 Å². The molecular formula is C15H28O3. The molecule has 0 aromatic rings. The van der Waals surface area contributed by atoms with Crippen LogP contribution in [0.2, 0.25) is 0 Å². The maximum absolute atomic E-state index is 10.3. The monoisotopic (exact) mass is 256 g/mol. The summed E-state index contributed by atoms with van der Waals surface area (Å²) in [5, 5.41) is 17.4. The van der Waals surface area contributed by atoms with Gasteiger partial charge >= 0.3 is 5.97 Å². The number of aliphatic hydroxyl groups excluding tert-OH is 1. The predicted octanol–water partition coefficient (Wildman–Crippen LogP) is 4.82. The van der Waals surface area contributed by atoms with E-state index >= 15 is 0 Å². The molecule has 18 heavy (non-hydrogen) atoms. The maximum Gasteiger partial charge on any atom is 0.370 e. The van der Waals surface area contributed by atoms with Gasteiger partial charge in [0, 0.05) is 0 Å². The lowest BCUT2D eigenvalue weighted by atomic mass is 10.1. The zero-order chi connectivity index (χ0) is 13.6. The number of rotatable bonds is 12. The van der Waals surface area contributed by atoms with Gasteiger partial charge in [-0.3, -0.25) is 0 Å². The summed E-state index contributed by atoms with van der Waals surface area (Å²) in [6.45, 7) is 2.23. The molecule has 0 saturated carbocycles. The third-order valence-electron chi connectivity index (χ3n) is 3.11. The van der Waals surface area contributed by atoms with E-state index in [-0.39, 0.29) is 0 Å². The second kappa shape index (κ2) is 12.5. The van der Waals surface area contributed by atoms with E-state index in [1.807, 2.05) is 0 Å². The first-order chi connectivity index (χ1) is 8.68. The van der Waals surface area contributed by atoms with Gasteiger partial charge in [-0.15, -0.1) is 0 Å². The quantitative estimate of drug-likeness (QED) is 0.299. The van der Waals surface area contributed by atoms with Crippen molar-refractivity contribution in [2.45, 2.75) is 77.6 Å². The van der Waals surface area contributed by atoms with Crippen LogP contribution < -0.4 is 0 Å². The first-order valence-electron chi connectivity index (χ1n) is 7.31. The van der Waals surface area contributed by atoms with Gasteiger partial charge in [0.1, 0.15) is 0 Å². The molecule has 0 aromatic heterocycles. The molecule has 106 valence electrons. The number of aliphatic hydroxyl groups is 1. The fraction of sp³-hybridized carbons (Fsp3) is 0.800. The molecule has 0 aliphatic rings. The fourth-order valence-corrected chi connectivity index (χ4v) is 1.96. The number of carbonyl (C=O) groups is 1. The summed E-state index contributed by atoms with van der Waals surface area (Å²) >= 11 is 0. The molecule has 0 atom stereocenters. The molecule has 0 unspecified atom stereocenters. The van der Waals surface area contributed by atoms with Gasteiger partial charge in [0.25, 0.3) is 0 Å². The average molecular weight is 256 g/mol. The van der Waals surface area contributed by atoms with Gasteiger partial charge in [0.2, 0.25) is 0 Å². The minimum atomic E-state index is -1.23. The lowest BCUT2D eigenvalue weighted by molar-refractivity contribution is -0.135. The van der Waals surface area contributed by atoms with Gasteiger partial charge in [0.05, 0.1) is 0 Å². The highest BCUT2D eigenvalue weighted by Gasteiger charge is 2.01. The summed E-state index contributed by atoms with van der Waals surface area (Å²) in [5.74, 6) is -1.76. The Balaban J connectivity index is 3.17. The zero-order valence-corrected chi connectivity index (χ0v) is 11.7. The van der Waals surface area contributed by atoms with Crippen molar-refractivity contribution in [3.63, 3.8) is 0 Å². The number of carboxylic acids is 1. The van der Waals surface area contributed by atoms with Crippen LogP contribution in [0.15, 0.2) is 11.8 Å². The van der Waals surface area contributed by atoms with Crippen LogP contribution in [0.25, 0.3) is 0 Å². The van der Waals surface area contributed by atoms with Crippen LogP contribution in [0.5, 0.6) is 0 Å². The Kier molecular flexibility index (Phi) is 11.8. The van der Waals surface area contributed by atoms with Crippen LogP contribution in [0.4, 0.5) is 0 Å². The van der Waals surface area contributed by atoms with Crippen LogP contribution in [0, 0.1) is 0 Å². The second-order valence-electron chi connectivity index (χ2n) is 4.87. The first-order valence-corrected chi connectivity index (χ1v) is 7.31. The highest BCUT2D eigenvalue weighted by Crippen LogP contribution is 2.11. The van der Waals surface area contributed by atoms with E-state index in [9.17, 15) is 4.79 Å². The average Bonchev–Trinajstić information content (AvgIpc) is 2.35. The minimum Gasteiger partial charge on any atom is -0.502 e. The Morgan fingerprint density at radius 1 is 0.833 bits per heavy atom. The van der Waals surface area contributed by atoms with E-state index in [4.69, 9.17) is 10.2 Å². The lowest BCUT2D eigenvalue weighted by Crippen LogP contribution is -1.98. The highest BCUT2D eigenvalue weighted by atomic mass is 16.4. The molecule has 0 aliphatic heterocycles. The SMILES string of the molecule is CCCCCCCCCCCC/C=C(\O)C(=O)O. The van der Waals surface area contributed by atoms with Crippen molar-refractivity contribution in [1.29, 1.82) is 0 Å². The minimum absolute atomic E-state index is 0.522. The second-order valence-corrected chi connectivity index (χ2v) is 4.87. The topological polar surface area (TPSA) is 57.5 Å². The summed E-state index contributed by atoms with van der Waals surface area (Å²) in [4.78, 5) is 10.3. The summed E-state index contributed by atoms with van der Waals surface area (Å²) in [7, 11) is 0. The molecule has 2 N–H and O–H groups in total. The Bertz CT molecular complexity index is 234. The Morgan fingerprint density at radius 3 is 1.72 bits per heavy atom. The summed E-state index contributed by atoms with van der Waals surface area (Å²) in [5.41, 5.74) is 0. The van der Waals surface area contributed by atoms with Gasteiger partial charge in [-0.25, -0.2) is 4.79 Å². The van der Waals surface area contributed by atoms with Crippen LogP contribution >= 0.6 is 0 Å². The maximum atomic E-state index is 10.3. The fourth-order valence-electron chi connectivity index (χ4n) is 1.96. The zero-order valence-electron chi connectivity index (χ0n) is 11.7. The van der Waals surface area contributed by atoms with Crippen molar-refractivity contribution in [3.8, 4) is 0 Å². The number of unbranched alkanes of at least 4 members (excludes halogenated alkanes) is 10. The number of hydrogen-bond acceptors (Lipinski definition) is 2. The van der Waals surface area contributed by atoms with Crippen molar-refractivity contribution in [2.24, 2.45) is 0 Å². The van der Waals surface area contributed by atoms with Crippen LogP contribution in [0.1, 0.15) is 77.6 Å². The van der Waals surface area contributed by atoms with E-state index in [1.165, 1.54) is 57.4 Å². The largest absolute Gasteiger partial charge is 0.502 e.